The molecule has 6 heteroatoms. The Morgan fingerprint density at radius 2 is 2.18 bits per heavy atom. The van der Waals surface area contributed by atoms with Crippen molar-refractivity contribution in [3.63, 3.8) is 0 Å². The maximum atomic E-state index is 13.9. The van der Waals surface area contributed by atoms with Crippen LogP contribution in [0.1, 0.15) is 27.4 Å². The number of benzene rings is 1. The molecule has 3 rings (SSSR count). The predicted octanol–water partition coefficient (Wildman–Crippen LogP) is 2.88. The van der Waals surface area contributed by atoms with E-state index >= 15 is 0 Å². The molecule has 0 saturated carbocycles. The molecule has 0 saturated heterocycles. The monoisotopic (exact) mass is 301 g/mol. The van der Waals surface area contributed by atoms with Gasteiger partial charge in [-0.1, -0.05) is 11.2 Å². The Morgan fingerprint density at radius 3 is 2.91 bits per heavy atom. The lowest BCUT2D eigenvalue weighted by atomic mass is 10.0. The third-order valence-electron chi connectivity index (χ3n) is 3.75. The van der Waals surface area contributed by atoms with Gasteiger partial charge in [0.05, 0.1) is 11.7 Å². The lowest BCUT2D eigenvalue weighted by Crippen LogP contribution is -2.25. The van der Waals surface area contributed by atoms with E-state index in [1.165, 1.54) is 18.3 Å². The highest BCUT2D eigenvalue weighted by molar-refractivity contribution is 5.91. The Labute approximate surface area is 126 Å². The molecular formula is C16H16FN3O2. The van der Waals surface area contributed by atoms with Gasteiger partial charge >= 0.3 is 0 Å². The number of hydrogen-bond donors (Lipinski definition) is 2. The molecule has 3 aromatic rings. The minimum atomic E-state index is -0.308. The van der Waals surface area contributed by atoms with Crippen LogP contribution >= 0.6 is 0 Å². The molecule has 2 aromatic heterocycles. The topological polar surface area (TPSA) is 70.9 Å². The number of halogens is 1. The zero-order valence-electron chi connectivity index (χ0n) is 12.4. The molecule has 1 aromatic carbocycles. The van der Waals surface area contributed by atoms with Gasteiger partial charge in [0, 0.05) is 23.7 Å². The summed E-state index contributed by atoms with van der Waals surface area (Å²) in [6, 6.07) is 4.73. The van der Waals surface area contributed by atoms with E-state index in [2.05, 4.69) is 15.5 Å². The number of aromatic nitrogens is 2. The number of aryl methyl sites for hydroxylation is 2. The van der Waals surface area contributed by atoms with E-state index in [4.69, 9.17) is 4.52 Å². The van der Waals surface area contributed by atoms with Gasteiger partial charge in [0.15, 0.2) is 0 Å². The highest BCUT2D eigenvalue weighted by Crippen LogP contribution is 2.27. The van der Waals surface area contributed by atoms with Crippen molar-refractivity contribution in [1.82, 2.24) is 15.5 Å². The van der Waals surface area contributed by atoms with Crippen LogP contribution in [0, 0.1) is 19.7 Å². The standard InChI is InChI=1S/C16H16FN3O2/c1-9-3-4-12(17)15-14(9)11(10(2)20-15)5-7-18-16(21)13-6-8-19-22-13/h3-4,6,8,20H,5,7H2,1-2H3,(H,18,21). The highest BCUT2D eigenvalue weighted by Gasteiger charge is 2.15. The summed E-state index contributed by atoms with van der Waals surface area (Å²) in [5.41, 5.74) is 3.47. The first-order valence-electron chi connectivity index (χ1n) is 7.03. The van der Waals surface area contributed by atoms with Crippen molar-refractivity contribution < 1.29 is 13.7 Å². The summed E-state index contributed by atoms with van der Waals surface area (Å²) in [6.45, 7) is 4.29. The first-order valence-corrected chi connectivity index (χ1v) is 7.03. The van der Waals surface area contributed by atoms with Crippen LogP contribution in [0.3, 0.4) is 0 Å². The van der Waals surface area contributed by atoms with Crippen LogP contribution in [0.2, 0.25) is 0 Å². The van der Waals surface area contributed by atoms with Gasteiger partial charge in [-0.25, -0.2) is 4.39 Å². The van der Waals surface area contributed by atoms with Crippen LogP contribution in [-0.2, 0) is 6.42 Å². The van der Waals surface area contributed by atoms with Crippen molar-refractivity contribution >= 4 is 16.8 Å². The van der Waals surface area contributed by atoms with Crippen molar-refractivity contribution in [2.24, 2.45) is 0 Å². The third-order valence-corrected chi connectivity index (χ3v) is 3.75. The Morgan fingerprint density at radius 1 is 1.36 bits per heavy atom. The van der Waals surface area contributed by atoms with Crippen LogP contribution in [0.5, 0.6) is 0 Å². The second kappa shape index (κ2) is 5.63. The van der Waals surface area contributed by atoms with Gasteiger partial charge in [-0.05, 0) is 37.5 Å². The van der Waals surface area contributed by atoms with E-state index in [9.17, 15) is 9.18 Å². The van der Waals surface area contributed by atoms with Gasteiger partial charge in [-0.15, -0.1) is 0 Å². The molecule has 0 aliphatic rings. The zero-order chi connectivity index (χ0) is 15.7. The van der Waals surface area contributed by atoms with Crippen molar-refractivity contribution in [2.45, 2.75) is 20.3 Å². The minimum Gasteiger partial charge on any atom is -0.356 e. The minimum absolute atomic E-state index is 0.179. The lowest BCUT2D eigenvalue weighted by Gasteiger charge is -2.05. The molecular weight excluding hydrogens is 285 g/mol. The van der Waals surface area contributed by atoms with E-state index in [1.807, 2.05) is 13.8 Å². The maximum absolute atomic E-state index is 13.9. The van der Waals surface area contributed by atoms with Gasteiger partial charge in [0.25, 0.3) is 5.91 Å². The number of nitrogens with one attached hydrogen (secondary N) is 2. The second-order valence-corrected chi connectivity index (χ2v) is 5.23. The average Bonchev–Trinajstić information content (AvgIpc) is 3.12. The van der Waals surface area contributed by atoms with Crippen LogP contribution in [0.15, 0.2) is 28.9 Å². The van der Waals surface area contributed by atoms with Crippen LogP contribution in [0.25, 0.3) is 10.9 Å². The molecule has 0 aliphatic carbocycles. The zero-order valence-corrected chi connectivity index (χ0v) is 12.4. The SMILES string of the molecule is Cc1[nH]c2c(F)ccc(C)c2c1CCNC(=O)c1ccno1. The Kier molecular flexibility index (Phi) is 3.66. The summed E-state index contributed by atoms with van der Waals surface area (Å²) >= 11 is 0. The van der Waals surface area contributed by atoms with Crippen molar-refractivity contribution in [3.05, 3.63) is 52.8 Å². The van der Waals surface area contributed by atoms with E-state index in [0.29, 0.717) is 18.5 Å². The first kappa shape index (κ1) is 14.3. The number of fused-ring (bicyclic) bond motifs is 1. The maximum Gasteiger partial charge on any atom is 0.289 e. The van der Waals surface area contributed by atoms with Crippen LogP contribution < -0.4 is 5.32 Å². The summed E-state index contributed by atoms with van der Waals surface area (Å²) < 4.78 is 18.7. The van der Waals surface area contributed by atoms with E-state index in [0.717, 1.165) is 22.2 Å². The summed E-state index contributed by atoms with van der Waals surface area (Å²) in [6.07, 6.45) is 2.03. The Hall–Kier alpha value is -2.63. The lowest BCUT2D eigenvalue weighted by molar-refractivity contribution is 0.0917. The Bertz CT molecular complexity index is 822. The molecule has 2 N–H and O–H groups in total. The largest absolute Gasteiger partial charge is 0.356 e. The molecule has 0 unspecified atom stereocenters. The number of carbonyl (C=O) groups excluding carboxylic acids is 1. The van der Waals surface area contributed by atoms with Crippen molar-refractivity contribution in [1.29, 1.82) is 0 Å². The predicted molar refractivity (Wildman–Crippen MR) is 80.3 cm³/mol. The fourth-order valence-electron chi connectivity index (χ4n) is 2.68. The summed E-state index contributed by atoms with van der Waals surface area (Å²) in [5, 5.41) is 7.16. The Balaban J connectivity index is 1.78. The summed E-state index contributed by atoms with van der Waals surface area (Å²) in [7, 11) is 0. The molecule has 0 aliphatic heterocycles. The van der Waals surface area contributed by atoms with Crippen LogP contribution in [-0.4, -0.2) is 22.6 Å². The molecule has 5 nitrogen and oxygen atoms in total. The van der Waals surface area contributed by atoms with Gasteiger partial charge in [0.1, 0.15) is 5.82 Å². The number of carbonyl (C=O) groups is 1. The average molecular weight is 301 g/mol. The summed E-state index contributed by atoms with van der Waals surface area (Å²) in [5.74, 6) is -0.392. The smallest absolute Gasteiger partial charge is 0.289 e. The van der Waals surface area contributed by atoms with Crippen molar-refractivity contribution in [2.75, 3.05) is 6.54 Å². The van der Waals surface area contributed by atoms with E-state index in [-0.39, 0.29) is 17.5 Å². The number of rotatable bonds is 4. The van der Waals surface area contributed by atoms with E-state index < -0.39 is 0 Å². The normalized spacial score (nSPS) is 11.0. The van der Waals surface area contributed by atoms with Crippen LogP contribution in [0.4, 0.5) is 4.39 Å². The van der Waals surface area contributed by atoms with Gasteiger partial charge in [-0.2, -0.15) is 0 Å². The molecule has 0 atom stereocenters. The summed E-state index contributed by atoms with van der Waals surface area (Å²) in [4.78, 5) is 14.9. The number of hydrogen-bond acceptors (Lipinski definition) is 3. The van der Waals surface area contributed by atoms with Gasteiger partial charge in [-0.3, -0.25) is 4.79 Å². The number of H-pyrrole nitrogens is 1. The highest BCUT2D eigenvalue weighted by atomic mass is 19.1. The van der Waals surface area contributed by atoms with E-state index in [1.54, 1.807) is 6.07 Å². The number of aromatic amines is 1. The molecule has 0 radical (unpaired) electrons. The first-order chi connectivity index (χ1) is 10.6. The molecule has 0 fully saturated rings. The third kappa shape index (κ3) is 2.47. The molecule has 0 bridgehead atoms. The van der Waals surface area contributed by atoms with Gasteiger partial charge in [0.2, 0.25) is 5.76 Å². The molecule has 2 heterocycles. The fraction of sp³-hybridized carbons (Fsp3) is 0.250. The number of amides is 1. The quantitative estimate of drug-likeness (QED) is 0.778. The molecule has 0 spiro atoms. The number of nitrogens with zero attached hydrogens (tertiary/aromatic N) is 1. The molecule has 22 heavy (non-hydrogen) atoms. The molecule has 1 amide bonds. The molecule has 114 valence electrons. The second-order valence-electron chi connectivity index (χ2n) is 5.23. The van der Waals surface area contributed by atoms with Crippen molar-refractivity contribution in [3.8, 4) is 0 Å². The fourth-order valence-corrected chi connectivity index (χ4v) is 2.68. The van der Waals surface area contributed by atoms with Gasteiger partial charge < -0.3 is 14.8 Å².